The molecule has 28 heavy (non-hydrogen) atoms. The molecule has 1 N–H and O–H groups in total. The fourth-order valence-corrected chi connectivity index (χ4v) is 2.99. The molecule has 1 aromatic heterocycles. The van der Waals surface area contributed by atoms with E-state index in [1.54, 1.807) is 12.1 Å². The highest BCUT2D eigenvalue weighted by Crippen LogP contribution is 2.28. The van der Waals surface area contributed by atoms with Crippen molar-refractivity contribution in [2.75, 3.05) is 5.32 Å². The van der Waals surface area contributed by atoms with Crippen molar-refractivity contribution in [3.05, 3.63) is 102 Å². The number of hydrogen-bond acceptors (Lipinski definition) is 4. The van der Waals surface area contributed by atoms with Gasteiger partial charge < -0.3 is 9.73 Å². The van der Waals surface area contributed by atoms with Gasteiger partial charge in [-0.15, -0.1) is 10.2 Å². The van der Waals surface area contributed by atoms with Crippen molar-refractivity contribution in [1.82, 2.24) is 10.2 Å². The molecule has 0 saturated carbocycles. The van der Waals surface area contributed by atoms with Gasteiger partial charge >= 0.3 is 0 Å². The molecule has 4 nitrogen and oxygen atoms in total. The molecule has 0 radical (unpaired) electrons. The largest absolute Gasteiger partial charge is 0.418 e. The molecule has 0 fully saturated rings. The number of nitrogens with zero attached hydrogens (tertiary/aromatic N) is 2. The quantitative estimate of drug-likeness (QED) is 0.475. The zero-order chi connectivity index (χ0) is 19.3. The second-order valence-corrected chi connectivity index (χ2v) is 6.49. The number of nitrogens with one attached hydrogen (secondary N) is 1. The first-order chi connectivity index (χ1) is 13.7. The molecule has 4 rings (SSSR count). The van der Waals surface area contributed by atoms with Crippen LogP contribution in [0.3, 0.4) is 0 Å². The van der Waals surface area contributed by atoms with Crippen LogP contribution >= 0.6 is 0 Å². The van der Waals surface area contributed by atoms with Crippen LogP contribution in [0.2, 0.25) is 0 Å². The third-order valence-electron chi connectivity index (χ3n) is 4.58. The lowest BCUT2D eigenvalue weighted by Gasteiger charge is -2.17. The lowest BCUT2D eigenvalue weighted by Crippen LogP contribution is -2.13. The van der Waals surface area contributed by atoms with E-state index in [2.05, 4.69) is 34.6 Å². The van der Waals surface area contributed by atoms with E-state index in [4.69, 9.17) is 4.42 Å². The Morgan fingerprint density at radius 3 is 2.29 bits per heavy atom. The van der Waals surface area contributed by atoms with Crippen LogP contribution in [0, 0.1) is 5.82 Å². The Morgan fingerprint density at radius 2 is 1.61 bits per heavy atom. The lowest BCUT2D eigenvalue weighted by atomic mass is 10.1. The summed E-state index contributed by atoms with van der Waals surface area (Å²) in [6.07, 6.45) is 0.978. The fourth-order valence-electron chi connectivity index (χ4n) is 2.99. The summed E-state index contributed by atoms with van der Waals surface area (Å²) >= 11 is 0. The Bertz CT molecular complexity index is 1030. The van der Waals surface area contributed by atoms with Gasteiger partial charge in [0.05, 0.1) is 0 Å². The zero-order valence-corrected chi connectivity index (χ0v) is 15.5. The molecular formula is C23H20FN3O. The summed E-state index contributed by atoms with van der Waals surface area (Å²) < 4.78 is 19.4. The van der Waals surface area contributed by atoms with E-state index in [1.807, 2.05) is 42.5 Å². The standard InChI is InChI=1S/C23H20FN3O/c1-2-16-8-14-20(15-9-16)25-21(17-10-12-19(24)13-11-17)23-27-26-22(28-23)18-6-4-3-5-7-18/h3-15,21,25H,2H2,1H3/t21-/m1/s1. The van der Waals surface area contributed by atoms with Crippen LogP contribution in [0.1, 0.15) is 30.0 Å². The van der Waals surface area contributed by atoms with E-state index in [0.717, 1.165) is 23.2 Å². The minimum atomic E-state index is -0.391. The van der Waals surface area contributed by atoms with Crippen molar-refractivity contribution < 1.29 is 8.81 Å². The number of hydrogen-bond donors (Lipinski definition) is 1. The number of halogens is 1. The predicted molar refractivity (Wildman–Crippen MR) is 107 cm³/mol. The third-order valence-corrected chi connectivity index (χ3v) is 4.58. The van der Waals surface area contributed by atoms with Crippen molar-refractivity contribution in [1.29, 1.82) is 0 Å². The van der Waals surface area contributed by atoms with Crippen LogP contribution in [0.4, 0.5) is 10.1 Å². The van der Waals surface area contributed by atoms with E-state index in [-0.39, 0.29) is 5.82 Å². The second kappa shape index (κ2) is 8.05. The second-order valence-electron chi connectivity index (χ2n) is 6.49. The van der Waals surface area contributed by atoms with Gasteiger partial charge in [-0.1, -0.05) is 49.4 Å². The van der Waals surface area contributed by atoms with Gasteiger partial charge in [-0.2, -0.15) is 0 Å². The van der Waals surface area contributed by atoms with Crippen molar-refractivity contribution in [3.8, 4) is 11.5 Å². The molecule has 0 aliphatic rings. The topological polar surface area (TPSA) is 51.0 Å². The fraction of sp³-hybridized carbons (Fsp3) is 0.130. The minimum Gasteiger partial charge on any atom is -0.418 e. The molecule has 0 amide bonds. The monoisotopic (exact) mass is 373 g/mol. The summed E-state index contributed by atoms with van der Waals surface area (Å²) in [5.41, 5.74) is 3.87. The summed E-state index contributed by atoms with van der Waals surface area (Å²) in [6, 6.07) is 23.7. The summed E-state index contributed by atoms with van der Waals surface area (Å²) in [7, 11) is 0. The summed E-state index contributed by atoms with van der Waals surface area (Å²) in [5.74, 6) is 0.584. The van der Waals surface area contributed by atoms with Gasteiger partial charge in [0.2, 0.25) is 11.8 Å². The van der Waals surface area contributed by atoms with Crippen LogP contribution < -0.4 is 5.32 Å². The van der Waals surface area contributed by atoms with E-state index in [9.17, 15) is 4.39 Å². The first-order valence-corrected chi connectivity index (χ1v) is 9.22. The number of rotatable bonds is 6. The Labute approximate surface area is 163 Å². The summed E-state index contributed by atoms with van der Waals surface area (Å²) in [4.78, 5) is 0. The molecule has 1 atom stereocenters. The Balaban J connectivity index is 1.68. The maximum Gasteiger partial charge on any atom is 0.247 e. The van der Waals surface area contributed by atoms with Crippen LogP contribution in [-0.4, -0.2) is 10.2 Å². The van der Waals surface area contributed by atoms with Gasteiger partial charge in [0, 0.05) is 11.3 Å². The highest BCUT2D eigenvalue weighted by molar-refractivity contribution is 5.53. The van der Waals surface area contributed by atoms with Crippen LogP contribution in [0.25, 0.3) is 11.5 Å². The van der Waals surface area contributed by atoms with E-state index < -0.39 is 6.04 Å². The number of anilines is 1. The van der Waals surface area contributed by atoms with Crippen LogP contribution in [-0.2, 0) is 6.42 Å². The predicted octanol–water partition coefficient (Wildman–Crippen LogP) is 5.64. The summed E-state index contributed by atoms with van der Waals surface area (Å²) in [6.45, 7) is 2.12. The third kappa shape index (κ3) is 3.93. The average molecular weight is 373 g/mol. The Morgan fingerprint density at radius 1 is 0.893 bits per heavy atom. The molecule has 4 aromatic rings. The molecule has 0 spiro atoms. The normalized spacial score (nSPS) is 11.9. The molecule has 0 saturated heterocycles. The maximum atomic E-state index is 13.4. The minimum absolute atomic E-state index is 0.287. The molecule has 1 heterocycles. The van der Waals surface area contributed by atoms with Gasteiger partial charge in [-0.05, 0) is 53.9 Å². The smallest absolute Gasteiger partial charge is 0.247 e. The summed E-state index contributed by atoms with van der Waals surface area (Å²) in [5, 5.41) is 11.9. The Hall–Kier alpha value is -3.47. The molecule has 0 aliphatic carbocycles. The zero-order valence-electron chi connectivity index (χ0n) is 15.5. The first-order valence-electron chi connectivity index (χ1n) is 9.22. The molecule has 140 valence electrons. The molecule has 0 unspecified atom stereocenters. The maximum absolute atomic E-state index is 13.4. The van der Waals surface area contributed by atoms with Gasteiger partial charge in [-0.3, -0.25) is 0 Å². The Kier molecular flexibility index (Phi) is 5.15. The number of benzene rings is 3. The van der Waals surface area contributed by atoms with E-state index in [1.165, 1.54) is 17.7 Å². The number of aryl methyl sites for hydroxylation is 1. The SMILES string of the molecule is CCc1ccc(N[C@H](c2ccc(F)cc2)c2nnc(-c3ccccc3)o2)cc1. The average Bonchev–Trinajstić information content (AvgIpc) is 3.24. The van der Waals surface area contributed by atoms with E-state index >= 15 is 0 Å². The van der Waals surface area contributed by atoms with E-state index in [0.29, 0.717) is 11.8 Å². The van der Waals surface area contributed by atoms with Gasteiger partial charge in [0.1, 0.15) is 11.9 Å². The molecule has 0 bridgehead atoms. The van der Waals surface area contributed by atoms with Crippen LogP contribution in [0.5, 0.6) is 0 Å². The highest BCUT2D eigenvalue weighted by atomic mass is 19.1. The van der Waals surface area contributed by atoms with Gasteiger partial charge in [0.25, 0.3) is 0 Å². The van der Waals surface area contributed by atoms with Crippen molar-refractivity contribution in [2.24, 2.45) is 0 Å². The molecule has 5 heteroatoms. The lowest BCUT2D eigenvalue weighted by molar-refractivity contribution is 0.494. The number of aromatic nitrogens is 2. The van der Waals surface area contributed by atoms with Crippen molar-refractivity contribution in [2.45, 2.75) is 19.4 Å². The first kappa shape index (κ1) is 17.9. The molecule has 3 aromatic carbocycles. The van der Waals surface area contributed by atoms with Gasteiger partial charge in [0.15, 0.2) is 0 Å². The van der Waals surface area contributed by atoms with Crippen LogP contribution in [0.15, 0.2) is 83.3 Å². The molecule has 0 aliphatic heterocycles. The van der Waals surface area contributed by atoms with Crippen molar-refractivity contribution >= 4 is 5.69 Å². The van der Waals surface area contributed by atoms with Gasteiger partial charge in [-0.25, -0.2) is 4.39 Å². The van der Waals surface area contributed by atoms with Crippen molar-refractivity contribution in [3.63, 3.8) is 0 Å². The highest BCUT2D eigenvalue weighted by Gasteiger charge is 2.21. The molecular weight excluding hydrogens is 353 g/mol.